The van der Waals surface area contributed by atoms with Crippen molar-refractivity contribution >= 4 is 31.9 Å². The molecule has 1 aromatic carbocycles. The summed E-state index contributed by atoms with van der Waals surface area (Å²) in [5.41, 5.74) is 0.967. The van der Waals surface area contributed by atoms with E-state index in [-0.39, 0.29) is 29.3 Å². The molecule has 0 radical (unpaired) electrons. The van der Waals surface area contributed by atoms with Crippen LogP contribution in [0.15, 0.2) is 40.0 Å². The minimum absolute atomic E-state index is 0.0107. The fourth-order valence-electron chi connectivity index (χ4n) is 3.53. The number of hydrogen-bond donors (Lipinski definition) is 2. The van der Waals surface area contributed by atoms with Crippen LogP contribution in [0.5, 0.6) is 0 Å². The van der Waals surface area contributed by atoms with Crippen molar-refractivity contribution in [2.24, 2.45) is 7.05 Å². The number of nitrogens with zero attached hydrogens (tertiary/aromatic N) is 2. The molecule has 0 spiro atoms. The van der Waals surface area contributed by atoms with Crippen LogP contribution in [-0.4, -0.2) is 50.2 Å². The summed E-state index contributed by atoms with van der Waals surface area (Å²) in [6, 6.07) is 8.13. The highest BCUT2D eigenvalue weighted by molar-refractivity contribution is 9.10. The number of halogens is 1. The topological polar surface area (TPSA) is 102 Å². The number of benzene rings is 1. The summed E-state index contributed by atoms with van der Waals surface area (Å²) in [7, 11) is -2.01. The third kappa shape index (κ3) is 5.48. The predicted molar refractivity (Wildman–Crippen MR) is 117 cm³/mol. The molecule has 30 heavy (non-hydrogen) atoms. The van der Waals surface area contributed by atoms with Gasteiger partial charge in [-0.15, -0.1) is 0 Å². The van der Waals surface area contributed by atoms with Crippen molar-refractivity contribution in [1.29, 1.82) is 0 Å². The number of imidazole rings is 1. The number of ether oxygens (including phenoxy) is 1. The molecule has 2 heterocycles. The Balaban J connectivity index is 1.56. The van der Waals surface area contributed by atoms with Crippen LogP contribution in [0.4, 0.5) is 0 Å². The van der Waals surface area contributed by atoms with Gasteiger partial charge in [-0.3, -0.25) is 4.79 Å². The molecule has 3 rings (SSSR count). The number of carbonyl (C=O) groups excluding carboxylic acids is 1. The lowest BCUT2D eigenvalue weighted by Gasteiger charge is -2.38. The van der Waals surface area contributed by atoms with E-state index in [1.807, 2.05) is 12.1 Å². The molecule has 8 nitrogen and oxygen atoms in total. The van der Waals surface area contributed by atoms with Crippen molar-refractivity contribution < 1.29 is 17.9 Å². The van der Waals surface area contributed by atoms with Gasteiger partial charge in [0.1, 0.15) is 5.82 Å². The maximum absolute atomic E-state index is 12.4. The van der Waals surface area contributed by atoms with Crippen LogP contribution >= 0.6 is 15.9 Å². The average Bonchev–Trinajstić information content (AvgIpc) is 3.06. The van der Waals surface area contributed by atoms with Gasteiger partial charge >= 0.3 is 0 Å². The molecule has 0 bridgehead atoms. The smallest absolute Gasteiger partial charge is 0.259 e. The van der Waals surface area contributed by atoms with Gasteiger partial charge < -0.3 is 14.6 Å². The molecule has 1 aromatic heterocycles. The number of rotatable bonds is 8. The Bertz CT molecular complexity index is 980. The molecule has 1 saturated heterocycles. The van der Waals surface area contributed by atoms with Crippen LogP contribution in [0.1, 0.15) is 30.7 Å². The number of amides is 1. The van der Waals surface area contributed by atoms with Crippen molar-refractivity contribution in [3.8, 4) is 0 Å². The van der Waals surface area contributed by atoms with E-state index >= 15 is 0 Å². The molecule has 0 unspecified atom stereocenters. The van der Waals surface area contributed by atoms with Crippen molar-refractivity contribution in [2.75, 3.05) is 26.3 Å². The first-order valence-electron chi connectivity index (χ1n) is 9.82. The normalized spacial score (nSPS) is 16.4. The van der Waals surface area contributed by atoms with Crippen LogP contribution in [0.3, 0.4) is 0 Å². The second-order valence-electron chi connectivity index (χ2n) is 7.56. The fraction of sp³-hybridized carbons (Fsp3) is 0.500. The van der Waals surface area contributed by atoms with Gasteiger partial charge in [0.25, 0.3) is 10.0 Å². The average molecular weight is 499 g/mol. The van der Waals surface area contributed by atoms with E-state index in [9.17, 15) is 13.2 Å². The van der Waals surface area contributed by atoms with E-state index in [1.54, 1.807) is 18.5 Å². The number of aryl methyl sites for hydroxylation is 2. The third-order valence-corrected chi connectivity index (χ3v) is 7.34. The van der Waals surface area contributed by atoms with E-state index in [4.69, 9.17) is 4.74 Å². The van der Waals surface area contributed by atoms with Gasteiger partial charge in [-0.2, -0.15) is 0 Å². The molecule has 10 heteroatoms. The Labute approximate surface area is 185 Å². The first-order valence-corrected chi connectivity index (χ1v) is 12.1. The molecule has 164 valence electrons. The van der Waals surface area contributed by atoms with E-state index in [0.717, 1.165) is 22.9 Å². The van der Waals surface area contributed by atoms with Crippen molar-refractivity contribution in [1.82, 2.24) is 19.6 Å². The van der Waals surface area contributed by atoms with Crippen LogP contribution in [0, 0.1) is 6.92 Å². The van der Waals surface area contributed by atoms with Gasteiger partial charge in [-0.25, -0.2) is 18.1 Å². The zero-order valence-corrected chi connectivity index (χ0v) is 19.6. The summed E-state index contributed by atoms with van der Waals surface area (Å²) < 4.78 is 35.2. The number of aromatic nitrogens is 2. The molecule has 1 fully saturated rings. The maximum Gasteiger partial charge on any atom is 0.259 e. The van der Waals surface area contributed by atoms with Crippen LogP contribution in [0.25, 0.3) is 0 Å². The summed E-state index contributed by atoms with van der Waals surface area (Å²) >= 11 is 3.52. The summed E-state index contributed by atoms with van der Waals surface area (Å²) in [5.74, 6) is 0.401. The van der Waals surface area contributed by atoms with Gasteiger partial charge in [0, 0.05) is 55.9 Å². The molecule has 0 atom stereocenters. The highest BCUT2D eigenvalue weighted by atomic mass is 79.9. The lowest BCUT2D eigenvalue weighted by Crippen LogP contribution is -2.45. The molecule has 2 aromatic rings. The third-order valence-electron chi connectivity index (χ3n) is 5.52. The van der Waals surface area contributed by atoms with Crippen molar-refractivity contribution in [3.05, 3.63) is 46.3 Å². The zero-order valence-electron chi connectivity index (χ0n) is 17.2. The van der Waals surface area contributed by atoms with Crippen molar-refractivity contribution in [2.45, 2.75) is 36.6 Å². The van der Waals surface area contributed by atoms with E-state index in [1.165, 1.54) is 6.20 Å². The van der Waals surface area contributed by atoms with Gasteiger partial charge in [-0.05, 0) is 37.5 Å². The Morgan fingerprint density at radius 3 is 2.70 bits per heavy atom. The SMILES string of the molecule is Cc1nc(S(=O)(=O)NCCC(=O)NCC2(c3cccc(Br)c3)CCOCC2)cn1C. The summed E-state index contributed by atoms with van der Waals surface area (Å²) in [6.07, 6.45) is 3.13. The van der Waals surface area contributed by atoms with Crippen LogP contribution in [-0.2, 0) is 32.0 Å². The van der Waals surface area contributed by atoms with E-state index < -0.39 is 10.0 Å². The van der Waals surface area contributed by atoms with Gasteiger partial charge in [0.15, 0.2) is 5.03 Å². The monoisotopic (exact) mass is 498 g/mol. The van der Waals surface area contributed by atoms with Gasteiger partial charge in [-0.1, -0.05) is 28.1 Å². The highest BCUT2D eigenvalue weighted by Crippen LogP contribution is 2.35. The quantitative estimate of drug-likeness (QED) is 0.579. The predicted octanol–water partition coefficient (Wildman–Crippen LogP) is 2.02. The van der Waals surface area contributed by atoms with E-state index in [0.29, 0.717) is 25.6 Å². The van der Waals surface area contributed by atoms with Gasteiger partial charge in [0.2, 0.25) is 5.91 Å². The summed E-state index contributed by atoms with van der Waals surface area (Å²) in [5, 5.41) is 2.94. The summed E-state index contributed by atoms with van der Waals surface area (Å²) in [4.78, 5) is 16.4. The molecule has 1 aliphatic rings. The molecule has 0 aliphatic carbocycles. The van der Waals surface area contributed by atoms with Crippen LogP contribution in [0.2, 0.25) is 0 Å². The molecule has 1 amide bonds. The van der Waals surface area contributed by atoms with Gasteiger partial charge in [0.05, 0.1) is 0 Å². The Kier molecular flexibility index (Phi) is 7.33. The Morgan fingerprint density at radius 1 is 1.33 bits per heavy atom. The first-order chi connectivity index (χ1) is 14.2. The van der Waals surface area contributed by atoms with Crippen LogP contribution < -0.4 is 10.0 Å². The summed E-state index contributed by atoms with van der Waals surface area (Å²) in [6.45, 7) is 3.51. The molecule has 0 saturated carbocycles. The first kappa shape index (κ1) is 22.9. The lowest BCUT2D eigenvalue weighted by molar-refractivity contribution is -0.121. The van der Waals surface area contributed by atoms with E-state index in [2.05, 4.69) is 43.1 Å². The number of carbonyl (C=O) groups is 1. The van der Waals surface area contributed by atoms with Crippen molar-refractivity contribution in [3.63, 3.8) is 0 Å². The zero-order chi connectivity index (χ0) is 21.8. The second kappa shape index (κ2) is 9.59. The minimum Gasteiger partial charge on any atom is -0.381 e. The largest absolute Gasteiger partial charge is 0.381 e. The molecule has 2 N–H and O–H groups in total. The highest BCUT2D eigenvalue weighted by Gasteiger charge is 2.35. The minimum atomic E-state index is -3.74. The molecular weight excluding hydrogens is 472 g/mol. The number of nitrogens with one attached hydrogen (secondary N) is 2. The fourth-order valence-corrected chi connectivity index (χ4v) is 5.00. The maximum atomic E-state index is 12.4. The number of hydrogen-bond acceptors (Lipinski definition) is 5. The number of sulfonamides is 1. The Morgan fingerprint density at radius 2 is 2.07 bits per heavy atom. The lowest BCUT2D eigenvalue weighted by atomic mass is 9.74. The molecular formula is C20H27BrN4O4S. The Hall–Kier alpha value is -1.75. The standard InChI is InChI=1S/C20H27BrN4O4S/c1-15-24-19(13-25(15)2)30(27,28)23-9-6-18(26)22-14-20(7-10-29-11-8-20)16-4-3-5-17(21)12-16/h3-5,12-13,23H,6-11,14H2,1-2H3,(H,22,26). The molecule has 1 aliphatic heterocycles. The second-order valence-corrected chi connectivity index (χ2v) is 10.2.